The molecule has 1 aliphatic heterocycles. The predicted octanol–water partition coefficient (Wildman–Crippen LogP) is 7.65. The van der Waals surface area contributed by atoms with Crippen molar-refractivity contribution in [3.05, 3.63) is 94.6 Å². The molecule has 0 fully saturated rings. The third-order valence-corrected chi connectivity index (χ3v) is 7.20. The minimum absolute atomic E-state index is 0.0187. The number of fused-ring (bicyclic) bond motifs is 2. The first-order valence-corrected chi connectivity index (χ1v) is 13.3. The summed E-state index contributed by atoms with van der Waals surface area (Å²) in [5.41, 5.74) is -0.789. The summed E-state index contributed by atoms with van der Waals surface area (Å²) in [6.07, 6.45) is -9.69. The highest BCUT2D eigenvalue weighted by Crippen LogP contribution is 2.44. The molecule has 2 aliphatic rings. The second-order valence-electron chi connectivity index (χ2n) is 10.2. The number of carboxylic acid groups (broad SMARTS) is 1. The monoisotopic (exact) mass is 620 g/mol. The van der Waals surface area contributed by atoms with E-state index in [2.05, 4.69) is 14.6 Å². The highest BCUT2D eigenvalue weighted by molar-refractivity contribution is 5.87. The number of carboxylic acids is 1. The lowest BCUT2D eigenvalue weighted by Crippen LogP contribution is -2.25. The zero-order valence-electron chi connectivity index (χ0n) is 22.7. The summed E-state index contributed by atoms with van der Waals surface area (Å²) < 4.78 is 106. The molecule has 0 amide bonds. The van der Waals surface area contributed by atoms with E-state index in [4.69, 9.17) is 14.6 Å². The van der Waals surface area contributed by atoms with Crippen LogP contribution in [0.1, 0.15) is 64.8 Å². The molecule has 4 aromatic rings. The van der Waals surface area contributed by atoms with Crippen LogP contribution in [-0.4, -0.2) is 27.2 Å². The molecule has 2 atom stereocenters. The SMILES string of the molecule is C[C@@H](Oc1cccc(-n2nc(C(F)(F)F)c3c2C(Oc2ccc(C(=O)O)cc2)CCC3)c1)c1cc2c(cc1F)OC(F)(F)O2. The molecule has 6 rings (SSSR count). The molecule has 1 N–H and O–H groups in total. The zero-order chi connectivity index (χ0) is 31.4. The van der Waals surface area contributed by atoms with Gasteiger partial charge in [-0.1, -0.05) is 6.07 Å². The third-order valence-electron chi connectivity index (χ3n) is 7.20. The van der Waals surface area contributed by atoms with Gasteiger partial charge in [-0.2, -0.15) is 18.3 Å². The van der Waals surface area contributed by atoms with Crippen molar-refractivity contribution in [1.29, 1.82) is 0 Å². The van der Waals surface area contributed by atoms with Crippen molar-refractivity contribution in [2.24, 2.45) is 0 Å². The van der Waals surface area contributed by atoms with Gasteiger partial charge in [0.25, 0.3) is 0 Å². The van der Waals surface area contributed by atoms with Crippen molar-refractivity contribution in [2.75, 3.05) is 0 Å². The van der Waals surface area contributed by atoms with Gasteiger partial charge in [-0.3, -0.25) is 0 Å². The number of hydrogen-bond donors (Lipinski definition) is 1. The van der Waals surface area contributed by atoms with Crippen LogP contribution in [0.4, 0.5) is 26.3 Å². The van der Waals surface area contributed by atoms with E-state index in [1.54, 1.807) is 0 Å². The highest BCUT2D eigenvalue weighted by Gasteiger charge is 2.44. The average Bonchev–Trinajstić information content (AvgIpc) is 3.50. The molecule has 14 heteroatoms. The Labute approximate surface area is 245 Å². The van der Waals surface area contributed by atoms with Crippen LogP contribution in [0.3, 0.4) is 0 Å². The van der Waals surface area contributed by atoms with Gasteiger partial charge < -0.3 is 24.1 Å². The molecule has 3 aromatic carbocycles. The maximum Gasteiger partial charge on any atom is 0.586 e. The molecular formula is C30H22F6N2O6. The summed E-state index contributed by atoms with van der Waals surface area (Å²) in [6, 6.07) is 13.2. The zero-order valence-corrected chi connectivity index (χ0v) is 22.7. The maximum atomic E-state index is 14.8. The van der Waals surface area contributed by atoms with E-state index >= 15 is 0 Å². The molecule has 0 spiro atoms. The van der Waals surface area contributed by atoms with Crippen molar-refractivity contribution < 1.29 is 55.2 Å². The summed E-state index contributed by atoms with van der Waals surface area (Å²) in [6.45, 7) is 1.46. The number of aromatic nitrogens is 2. The van der Waals surface area contributed by atoms with Gasteiger partial charge in [0.1, 0.15) is 29.5 Å². The molecule has 0 bridgehead atoms. The fourth-order valence-corrected chi connectivity index (χ4v) is 5.28. The molecule has 230 valence electrons. The molecule has 2 heterocycles. The van der Waals surface area contributed by atoms with Gasteiger partial charge in [-0.25, -0.2) is 13.9 Å². The van der Waals surface area contributed by atoms with Gasteiger partial charge in [0.15, 0.2) is 17.2 Å². The maximum absolute atomic E-state index is 14.8. The number of benzene rings is 3. The Hall–Kier alpha value is -4.88. The number of hydrogen-bond acceptors (Lipinski definition) is 6. The Balaban J connectivity index is 1.32. The largest absolute Gasteiger partial charge is 0.586 e. The molecule has 1 aliphatic carbocycles. The molecule has 1 aromatic heterocycles. The van der Waals surface area contributed by atoms with Crippen LogP contribution in [0.25, 0.3) is 5.69 Å². The number of nitrogens with zero attached hydrogens (tertiary/aromatic N) is 2. The van der Waals surface area contributed by atoms with Crippen LogP contribution in [0.15, 0.2) is 60.7 Å². The Morgan fingerprint density at radius 1 is 1.07 bits per heavy atom. The second kappa shape index (κ2) is 10.7. The number of ether oxygens (including phenoxy) is 4. The number of carbonyl (C=O) groups is 1. The van der Waals surface area contributed by atoms with Crippen molar-refractivity contribution in [3.8, 4) is 28.7 Å². The molecular weight excluding hydrogens is 598 g/mol. The molecule has 1 unspecified atom stereocenters. The van der Waals surface area contributed by atoms with Gasteiger partial charge >= 0.3 is 18.4 Å². The summed E-state index contributed by atoms with van der Waals surface area (Å²) in [7, 11) is 0. The molecule has 8 nitrogen and oxygen atoms in total. The number of aromatic carboxylic acids is 1. The van der Waals surface area contributed by atoms with Crippen LogP contribution in [0.5, 0.6) is 23.0 Å². The standard InChI is InChI=1S/C30H22F6N2O6/c1-15(21-13-24-25(14-22(21)31)44-30(35,36)43-24)41-19-5-2-4-17(12-19)38-26-20(27(37-38)29(32,33)34)6-3-7-23(26)42-18-10-8-16(9-11-18)28(39)40/h2,4-5,8-15,23H,3,6-7H2,1H3,(H,39,40)/t15-,23?/m1/s1. The van der Waals surface area contributed by atoms with Gasteiger partial charge in [-0.05, 0) is 68.7 Å². The lowest BCUT2D eigenvalue weighted by Gasteiger charge is -2.26. The predicted molar refractivity (Wildman–Crippen MR) is 140 cm³/mol. The van der Waals surface area contributed by atoms with E-state index in [-0.39, 0.29) is 51.7 Å². The van der Waals surface area contributed by atoms with E-state index in [0.717, 1.165) is 16.8 Å². The first kappa shape index (κ1) is 29.2. The molecule has 0 saturated heterocycles. The Morgan fingerprint density at radius 2 is 1.77 bits per heavy atom. The van der Waals surface area contributed by atoms with Crippen molar-refractivity contribution in [3.63, 3.8) is 0 Å². The Morgan fingerprint density at radius 3 is 2.45 bits per heavy atom. The average molecular weight is 621 g/mol. The first-order chi connectivity index (χ1) is 20.8. The molecule has 0 radical (unpaired) electrons. The lowest BCUT2D eigenvalue weighted by molar-refractivity contribution is -0.286. The van der Waals surface area contributed by atoms with Crippen LogP contribution >= 0.6 is 0 Å². The second-order valence-corrected chi connectivity index (χ2v) is 10.2. The minimum atomic E-state index is -4.75. The summed E-state index contributed by atoms with van der Waals surface area (Å²) in [5.74, 6) is -2.47. The van der Waals surface area contributed by atoms with Crippen LogP contribution in [0.2, 0.25) is 0 Å². The molecule has 44 heavy (non-hydrogen) atoms. The number of alkyl halides is 5. The van der Waals surface area contributed by atoms with Gasteiger partial charge in [0.2, 0.25) is 0 Å². The van der Waals surface area contributed by atoms with E-state index in [1.165, 1.54) is 55.5 Å². The van der Waals surface area contributed by atoms with Gasteiger partial charge in [-0.15, -0.1) is 8.78 Å². The van der Waals surface area contributed by atoms with Gasteiger partial charge in [0, 0.05) is 23.3 Å². The van der Waals surface area contributed by atoms with Crippen molar-refractivity contribution in [2.45, 2.75) is 50.9 Å². The smallest absolute Gasteiger partial charge is 0.486 e. The van der Waals surface area contributed by atoms with Crippen LogP contribution in [-0.2, 0) is 12.6 Å². The minimum Gasteiger partial charge on any atom is -0.486 e. The Kier molecular flexibility index (Phi) is 7.09. The quantitative estimate of drug-likeness (QED) is 0.212. The number of rotatable bonds is 7. The molecule has 0 saturated carbocycles. The Bertz CT molecular complexity index is 1740. The topological polar surface area (TPSA) is 92.0 Å². The van der Waals surface area contributed by atoms with Crippen LogP contribution in [0, 0.1) is 5.82 Å². The van der Waals surface area contributed by atoms with E-state index in [1.807, 2.05) is 0 Å². The summed E-state index contributed by atoms with van der Waals surface area (Å²) in [5, 5.41) is 13.1. The van der Waals surface area contributed by atoms with Crippen LogP contribution < -0.4 is 18.9 Å². The fraction of sp³-hybridized carbons (Fsp3) is 0.267. The van der Waals surface area contributed by atoms with E-state index in [9.17, 15) is 31.1 Å². The van der Waals surface area contributed by atoms with E-state index in [0.29, 0.717) is 12.8 Å². The van der Waals surface area contributed by atoms with Crippen molar-refractivity contribution >= 4 is 5.97 Å². The highest BCUT2D eigenvalue weighted by atomic mass is 19.4. The third kappa shape index (κ3) is 5.58. The van der Waals surface area contributed by atoms with E-state index < -0.39 is 47.9 Å². The summed E-state index contributed by atoms with van der Waals surface area (Å²) in [4.78, 5) is 11.2. The summed E-state index contributed by atoms with van der Waals surface area (Å²) >= 11 is 0. The van der Waals surface area contributed by atoms with Crippen molar-refractivity contribution in [1.82, 2.24) is 9.78 Å². The lowest BCUT2D eigenvalue weighted by atomic mass is 9.93. The first-order valence-electron chi connectivity index (χ1n) is 13.3. The fourth-order valence-electron chi connectivity index (χ4n) is 5.28. The normalized spacial score (nSPS) is 17.6. The number of halogens is 6. The van der Waals surface area contributed by atoms with Gasteiger partial charge in [0.05, 0.1) is 16.9 Å².